The van der Waals surface area contributed by atoms with Crippen LogP contribution in [0.25, 0.3) is 110 Å². The Morgan fingerprint density at radius 2 is 0.768 bits per heavy atom. The van der Waals surface area contributed by atoms with Gasteiger partial charge in [0.25, 0.3) is 0 Å². The molecule has 0 aliphatic rings. The van der Waals surface area contributed by atoms with E-state index in [-0.39, 0.29) is 0 Å². The van der Waals surface area contributed by atoms with E-state index in [1.807, 2.05) is 0 Å². The molecule has 12 aromatic rings. The van der Waals surface area contributed by atoms with Crippen LogP contribution in [0.4, 0.5) is 0 Å². The van der Waals surface area contributed by atoms with Gasteiger partial charge in [0.05, 0.1) is 33.1 Å². The maximum absolute atomic E-state index is 5.70. The van der Waals surface area contributed by atoms with Gasteiger partial charge in [-0.05, 0) is 58.3 Å². The molecule has 4 heteroatoms. The van der Waals surface area contributed by atoms with Crippen LogP contribution in [-0.2, 0) is 0 Å². The van der Waals surface area contributed by atoms with Gasteiger partial charge in [-0.1, -0.05) is 158 Å². The van der Waals surface area contributed by atoms with Crippen LogP contribution in [0, 0.1) is 0 Å². The normalized spacial score (nSPS) is 11.9. The molecule has 0 unspecified atom stereocenters. The second-order valence-electron chi connectivity index (χ2n) is 14.5. The van der Waals surface area contributed by atoms with Crippen LogP contribution in [0.1, 0.15) is 0 Å². The lowest BCUT2D eigenvalue weighted by Gasteiger charge is -2.16. The molecule has 260 valence electrons. The molecule has 0 radical (unpaired) electrons. The highest BCUT2D eigenvalue weighted by Crippen LogP contribution is 2.44. The van der Waals surface area contributed by atoms with E-state index in [2.05, 4.69) is 203 Å². The molecule has 0 atom stereocenters. The first kappa shape index (κ1) is 30.9. The van der Waals surface area contributed by atoms with Crippen LogP contribution in [0.3, 0.4) is 0 Å². The third-order valence-corrected chi connectivity index (χ3v) is 11.5. The topological polar surface area (TPSA) is 35.6 Å². The monoisotopic (exact) mass is 712 g/mol. The van der Waals surface area contributed by atoms with Crippen molar-refractivity contribution >= 4 is 76.2 Å². The smallest absolute Gasteiger partial charge is 0.165 e. The molecule has 0 saturated carbocycles. The molecule has 0 N–H and O–H groups in total. The third kappa shape index (κ3) is 4.41. The lowest BCUT2D eigenvalue weighted by Crippen LogP contribution is -2.04. The molecular formula is C52H32N4. The Morgan fingerprint density at radius 3 is 1.39 bits per heavy atom. The van der Waals surface area contributed by atoms with E-state index in [9.17, 15) is 0 Å². The van der Waals surface area contributed by atoms with E-state index in [1.165, 1.54) is 49.0 Å². The zero-order valence-electron chi connectivity index (χ0n) is 30.3. The van der Waals surface area contributed by atoms with Gasteiger partial charge in [-0.2, -0.15) is 0 Å². The van der Waals surface area contributed by atoms with Crippen molar-refractivity contribution in [3.05, 3.63) is 194 Å². The third-order valence-electron chi connectivity index (χ3n) is 11.5. The lowest BCUT2D eigenvalue weighted by atomic mass is 9.99. The quantitative estimate of drug-likeness (QED) is 0.170. The minimum atomic E-state index is 0.814. The summed E-state index contributed by atoms with van der Waals surface area (Å²) in [7, 11) is 0. The van der Waals surface area contributed by atoms with E-state index in [0.29, 0.717) is 0 Å². The standard InChI is InChI=1S/C52H32N4/c1-3-16-33(17-4-1)35-20-15-21-36(32-35)55-43-28-13-11-26-41(43)47-45(55)30-31-46-48(47)42-27-12-14-29-44(42)56(46)52-49(34-18-5-2-6-19-34)53-50-39-24-9-7-22-37(39)38-23-8-10-25-40(38)51(50)54-52/h1-32H. The van der Waals surface area contributed by atoms with E-state index in [1.54, 1.807) is 0 Å². The first-order valence-corrected chi connectivity index (χ1v) is 19.1. The SMILES string of the molecule is c1ccc(-c2cccc(-n3c4ccccc4c4c5c6ccccc6n(-c6nc7c8ccccc8c8ccccc8c7nc6-c6ccccc6)c5ccc43)c2)cc1. The lowest BCUT2D eigenvalue weighted by molar-refractivity contribution is 1.08. The minimum Gasteiger partial charge on any atom is -0.309 e. The zero-order chi connectivity index (χ0) is 36.7. The summed E-state index contributed by atoms with van der Waals surface area (Å²) in [5, 5.41) is 9.38. The molecule has 56 heavy (non-hydrogen) atoms. The van der Waals surface area contributed by atoms with Gasteiger partial charge in [0, 0.05) is 43.6 Å². The number of fused-ring (bicyclic) bond motifs is 13. The second-order valence-corrected chi connectivity index (χ2v) is 14.5. The Hall–Kier alpha value is -7.56. The summed E-state index contributed by atoms with van der Waals surface area (Å²) >= 11 is 0. The van der Waals surface area contributed by atoms with E-state index < -0.39 is 0 Å². The first-order chi connectivity index (χ1) is 27.8. The predicted molar refractivity (Wildman–Crippen MR) is 234 cm³/mol. The highest BCUT2D eigenvalue weighted by molar-refractivity contribution is 6.29. The fourth-order valence-corrected chi connectivity index (χ4v) is 9.08. The fourth-order valence-electron chi connectivity index (χ4n) is 9.08. The number of hydrogen-bond acceptors (Lipinski definition) is 2. The van der Waals surface area contributed by atoms with Crippen LogP contribution in [0.15, 0.2) is 194 Å². The first-order valence-electron chi connectivity index (χ1n) is 19.1. The van der Waals surface area contributed by atoms with Crippen molar-refractivity contribution < 1.29 is 0 Å². The predicted octanol–water partition coefficient (Wildman–Crippen LogP) is 13.5. The highest BCUT2D eigenvalue weighted by atomic mass is 15.1. The van der Waals surface area contributed by atoms with Gasteiger partial charge < -0.3 is 4.57 Å². The molecule has 9 aromatic carbocycles. The largest absolute Gasteiger partial charge is 0.309 e. The van der Waals surface area contributed by atoms with Gasteiger partial charge >= 0.3 is 0 Å². The van der Waals surface area contributed by atoms with Gasteiger partial charge in [-0.3, -0.25) is 4.57 Å². The zero-order valence-corrected chi connectivity index (χ0v) is 30.3. The number of nitrogens with zero attached hydrogens (tertiary/aromatic N) is 4. The molecule has 0 aliphatic heterocycles. The maximum atomic E-state index is 5.70. The average molecular weight is 713 g/mol. The molecule has 0 fully saturated rings. The molecule has 0 saturated heterocycles. The Balaban J connectivity index is 1.22. The van der Waals surface area contributed by atoms with Crippen molar-refractivity contribution in [2.45, 2.75) is 0 Å². The number of aromatic nitrogens is 4. The summed E-state index contributed by atoms with van der Waals surface area (Å²) in [4.78, 5) is 11.3. The van der Waals surface area contributed by atoms with E-state index in [0.717, 1.165) is 61.1 Å². The second kappa shape index (κ2) is 12.0. The maximum Gasteiger partial charge on any atom is 0.165 e. The van der Waals surface area contributed by atoms with Crippen LogP contribution < -0.4 is 0 Å². The van der Waals surface area contributed by atoms with Gasteiger partial charge in [0.15, 0.2) is 5.82 Å². The number of rotatable bonds is 4. The van der Waals surface area contributed by atoms with Gasteiger partial charge in [0.2, 0.25) is 0 Å². The molecule has 3 aromatic heterocycles. The summed E-state index contributed by atoms with van der Waals surface area (Å²) in [5.74, 6) is 0.814. The fraction of sp³-hybridized carbons (Fsp3) is 0. The Labute approximate surface area is 322 Å². The summed E-state index contributed by atoms with van der Waals surface area (Å²) < 4.78 is 4.77. The summed E-state index contributed by atoms with van der Waals surface area (Å²) in [6, 6.07) is 69.3. The van der Waals surface area contributed by atoms with Crippen LogP contribution >= 0.6 is 0 Å². The van der Waals surface area contributed by atoms with Gasteiger partial charge in [-0.25, -0.2) is 9.97 Å². The van der Waals surface area contributed by atoms with Crippen LogP contribution in [0.5, 0.6) is 0 Å². The number of hydrogen-bond donors (Lipinski definition) is 0. The van der Waals surface area contributed by atoms with Crippen molar-refractivity contribution in [2.24, 2.45) is 0 Å². The Morgan fingerprint density at radius 1 is 0.304 bits per heavy atom. The number of benzene rings is 9. The summed E-state index contributed by atoms with van der Waals surface area (Å²) in [6.07, 6.45) is 0. The molecule has 0 aliphatic carbocycles. The molecule has 0 spiro atoms. The van der Waals surface area contributed by atoms with Crippen LogP contribution in [0.2, 0.25) is 0 Å². The molecule has 12 rings (SSSR count). The minimum absolute atomic E-state index is 0.814. The molecule has 3 heterocycles. The van der Waals surface area contributed by atoms with Gasteiger partial charge in [-0.15, -0.1) is 0 Å². The summed E-state index contributed by atoms with van der Waals surface area (Å²) in [6.45, 7) is 0. The molecular weight excluding hydrogens is 681 g/mol. The average Bonchev–Trinajstić information content (AvgIpc) is 3.79. The van der Waals surface area contributed by atoms with Crippen molar-refractivity contribution in [1.29, 1.82) is 0 Å². The summed E-state index contributed by atoms with van der Waals surface area (Å²) in [5.41, 5.74) is 11.7. The van der Waals surface area contributed by atoms with Crippen molar-refractivity contribution in [3.8, 4) is 33.9 Å². The van der Waals surface area contributed by atoms with Crippen LogP contribution in [-0.4, -0.2) is 19.1 Å². The highest BCUT2D eigenvalue weighted by Gasteiger charge is 2.24. The van der Waals surface area contributed by atoms with Crippen molar-refractivity contribution in [3.63, 3.8) is 0 Å². The van der Waals surface area contributed by atoms with E-state index >= 15 is 0 Å². The van der Waals surface area contributed by atoms with Crippen molar-refractivity contribution in [1.82, 2.24) is 19.1 Å². The van der Waals surface area contributed by atoms with Gasteiger partial charge in [0.1, 0.15) is 5.69 Å². The number of para-hydroxylation sites is 2. The molecule has 4 nitrogen and oxygen atoms in total. The Bertz CT molecular complexity index is 3520. The van der Waals surface area contributed by atoms with Crippen molar-refractivity contribution in [2.75, 3.05) is 0 Å². The van der Waals surface area contributed by atoms with E-state index in [4.69, 9.17) is 9.97 Å². The molecule has 0 bridgehead atoms. The Kier molecular flexibility index (Phi) is 6.60. The molecule has 0 amide bonds.